The van der Waals surface area contributed by atoms with E-state index in [0.717, 1.165) is 0 Å². The van der Waals surface area contributed by atoms with Crippen LogP contribution >= 0.6 is 23.2 Å². The van der Waals surface area contributed by atoms with Gasteiger partial charge in [0, 0.05) is 5.02 Å². The normalized spacial score (nSPS) is 11.6. The number of carbonyl (C=O) groups excluding carboxylic acids is 1. The Kier molecular flexibility index (Phi) is 3.99. The van der Waals surface area contributed by atoms with E-state index in [1.54, 1.807) is 6.07 Å². The number of hydrogen-bond donors (Lipinski definition) is 1. The van der Waals surface area contributed by atoms with Crippen LogP contribution in [0.2, 0.25) is 10.0 Å². The lowest BCUT2D eigenvalue weighted by Crippen LogP contribution is -2.14. The van der Waals surface area contributed by atoms with Crippen molar-refractivity contribution >= 4 is 34.9 Å². The molecular weight excluding hydrogens is 251 g/mol. The minimum Gasteiger partial charge on any atom is -0.444 e. The van der Waals surface area contributed by atoms with Crippen LogP contribution in [-0.4, -0.2) is 12.1 Å². The number of rotatable bonds is 2. The van der Waals surface area contributed by atoms with E-state index in [0.29, 0.717) is 0 Å². The SMILES string of the molecule is C[C@@H](C#N)OC(=O)c1cc(Cl)cc(Cl)c1N. The first-order valence-electron chi connectivity index (χ1n) is 4.30. The summed E-state index contributed by atoms with van der Waals surface area (Å²) in [6.07, 6.45) is -0.857. The van der Waals surface area contributed by atoms with E-state index in [1.807, 2.05) is 0 Å². The third kappa shape index (κ3) is 2.78. The lowest BCUT2D eigenvalue weighted by atomic mass is 10.2. The van der Waals surface area contributed by atoms with Crippen molar-refractivity contribution in [2.24, 2.45) is 0 Å². The molecule has 1 aromatic carbocycles. The smallest absolute Gasteiger partial charge is 0.341 e. The molecule has 0 amide bonds. The Balaban J connectivity index is 3.05. The Bertz CT molecular complexity index is 469. The summed E-state index contributed by atoms with van der Waals surface area (Å²) >= 11 is 11.5. The summed E-state index contributed by atoms with van der Waals surface area (Å²) in [6, 6.07) is 4.53. The summed E-state index contributed by atoms with van der Waals surface area (Å²) in [4.78, 5) is 11.6. The molecule has 1 aromatic rings. The van der Waals surface area contributed by atoms with Crippen LogP contribution < -0.4 is 5.73 Å². The van der Waals surface area contributed by atoms with E-state index in [-0.39, 0.29) is 21.3 Å². The molecule has 0 saturated carbocycles. The molecule has 16 heavy (non-hydrogen) atoms. The van der Waals surface area contributed by atoms with Gasteiger partial charge in [0.1, 0.15) is 6.07 Å². The van der Waals surface area contributed by atoms with E-state index in [1.165, 1.54) is 19.1 Å². The molecule has 0 aliphatic rings. The summed E-state index contributed by atoms with van der Waals surface area (Å²) in [5.41, 5.74) is 5.73. The van der Waals surface area contributed by atoms with Gasteiger partial charge in [0.2, 0.25) is 0 Å². The monoisotopic (exact) mass is 258 g/mol. The summed E-state index contributed by atoms with van der Waals surface area (Å²) in [7, 11) is 0. The van der Waals surface area contributed by atoms with Gasteiger partial charge in [-0.3, -0.25) is 0 Å². The zero-order chi connectivity index (χ0) is 12.3. The molecule has 0 aliphatic carbocycles. The van der Waals surface area contributed by atoms with E-state index in [9.17, 15) is 4.79 Å². The first-order valence-corrected chi connectivity index (χ1v) is 5.06. The standard InChI is InChI=1S/C10H8Cl2N2O2/c1-5(4-13)16-10(15)7-2-6(11)3-8(12)9(7)14/h2-3,5H,14H2,1H3/t5-/m0/s1. The number of anilines is 1. The second-order valence-electron chi connectivity index (χ2n) is 3.03. The van der Waals surface area contributed by atoms with Gasteiger partial charge in [-0.25, -0.2) is 4.79 Å². The summed E-state index contributed by atoms with van der Waals surface area (Å²) in [6.45, 7) is 1.44. The molecule has 0 saturated heterocycles. The van der Waals surface area contributed by atoms with Crippen LogP contribution in [0, 0.1) is 11.3 Å². The average Bonchev–Trinajstić information content (AvgIpc) is 2.22. The zero-order valence-electron chi connectivity index (χ0n) is 8.33. The highest BCUT2D eigenvalue weighted by Gasteiger charge is 2.17. The number of nitrogens with two attached hydrogens (primary N) is 1. The van der Waals surface area contributed by atoms with Gasteiger partial charge in [-0.1, -0.05) is 23.2 Å². The number of halogens is 2. The van der Waals surface area contributed by atoms with Crippen LogP contribution in [0.5, 0.6) is 0 Å². The maximum atomic E-state index is 11.6. The van der Waals surface area contributed by atoms with Crippen molar-refractivity contribution in [1.82, 2.24) is 0 Å². The highest BCUT2D eigenvalue weighted by Crippen LogP contribution is 2.28. The molecule has 0 fully saturated rings. The van der Waals surface area contributed by atoms with Gasteiger partial charge in [0.05, 0.1) is 16.3 Å². The minimum absolute atomic E-state index is 0.0552. The predicted molar refractivity (Wildman–Crippen MR) is 61.4 cm³/mol. The van der Waals surface area contributed by atoms with Gasteiger partial charge in [-0.05, 0) is 19.1 Å². The Labute approximate surface area is 103 Å². The summed E-state index contributed by atoms with van der Waals surface area (Å²) < 4.78 is 4.78. The number of nitriles is 1. The third-order valence-corrected chi connectivity index (χ3v) is 2.31. The van der Waals surface area contributed by atoms with Crippen LogP contribution in [0.15, 0.2) is 12.1 Å². The molecule has 0 unspecified atom stereocenters. The molecule has 0 aromatic heterocycles. The van der Waals surface area contributed by atoms with E-state index in [4.69, 9.17) is 38.9 Å². The van der Waals surface area contributed by atoms with Crippen LogP contribution in [0.4, 0.5) is 5.69 Å². The van der Waals surface area contributed by atoms with E-state index < -0.39 is 12.1 Å². The largest absolute Gasteiger partial charge is 0.444 e. The van der Waals surface area contributed by atoms with Gasteiger partial charge >= 0.3 is 5.97 Å². The fraction of sp³-hybridized carbons (Fsp3) is 0.200. The van der Waals surface area contributed by atoms with Gasteiger partial charge < -0.3 is 10.5 Å². The average molecular weight is 259 g/mol. The molecule has 2 N–H and O–H groups in total. The minimum atomic E-state index is -0.857. The first kappa shape index (κ1) is 12.6. The number of carbonyl (C=O) groups is 1. The molecular formula is C10H8Cl2N2O2. The highest BCUT2D eigenvalue weighted by atomic mass is 35.5. The molecule has 0 spiro atoms. The van der Waals surface area contributed by atoms with Gasteiger partial charge in [0.25, 0.3) is 0 Å². The Morgan fingerprint density at radius 2 is 2.19 bits per heavy atom. The topological polar surface area (TPSA) is 76.1 Å². The molecule has 4 nitrogen and oxygen atoms in total. The molecule has 0 bridgehead atoms. The number of benzene rings is 1. The number of nitrogens with zero attached hydrogens (tertiary/aromatic N) is 1. The third-order valence-electron chi connectivity index (χ3n) is 1.78. The van der Waals surface area contributed by atoms with Gasteiger partial charge in [-0.15, -0.1) is 0 Å². The fourth-order valence-electron chi connectivity index (χ4n) is 1.00. The van der Waals surface area contributed by atoms with E-state index in [2.05, 4.69) is 0 Å². The maximum absolute atomic E-state index is 11.6. The lowest BCUT2D eigenvalue weighted by molar-refractivity contribution is 0.0437. The highest BCUT2D eigenvalue weighted by molar-refractivity contribution is 6.37. The van der Waals surface area contributed by atoms with Crippen molar-refractivity contribution in [3.8, 4) is 6.07 Å². The maximum Gasteiger partial charge on any atom is 0.341 e. The van der Waals surface area contributed by atoms with E-state index >= 15 is 0 Å². The number of esters is 1. The van der Waals surface area contributed by atoms with Crippen molar-refractivity contribution in [2.75, 3.05) is 5.73 Å². The molecule has 0 aliphatic heterocycles. The molecule has 0 radical (unpaired) electrons. The zero-order valence-corrected chi connectivity index (χ0v) is 9.84. The number of nitrogen functional groups attached to an aromatic ring is 1. The van der Waals surface area contributed by atoms with Crippen LogP contribution in [0.25, 0.3) is 0 Å². The lowest BCUT2D eigenvalue weighted by Gasteiger charge is -2.09. The molecule has 1 atom stereocenters. The van der Waals surface area contributed by atoms with Crippen molar-refractivity contribution in [3.63, 3.8) is 0 Å². The van der Waals surface area contributed by atoms with Gasteiger partial charge in [0.15, 0.2) is 6.10 Å². The molecule has 6 heteroatoms. The van der Waals surface area contributed by atoms with Crippen molar-refractivity contribution < 1.29 is 9.53 Å². The number of ether oxygens (including phenoxy) is 1. The fourth-order valence-corrected chi connectivity index (χ4v) is 1.50. The molecule has 0 heterocycles. The second kappa shape index (κ2) is 5.06. The Morgan fingerprint density at radius 3 is 2.75 bits per heavy atom. The van der Waals surface area contributed by atoms with Gasteiger partial charge in [-0.2, -0.15) is 5.26 Å². The number of hydrogen-bond acceptors (Lipinski definition) is 4. The quantitative estimate of drug-likeness (QED) is 0.654. The second-order valence-corrected chi connectivity index (χ2v) is 3.87. The first-order chi connectivity index (χ1) is 7.45. The molecule has 1 rings (SSSR count). The molecule has 84 valence electrons. The summed E-state index contributed by atoms with van der Waals surface area (Å²) in [5.74, 6) is -0.726. The summed E-state index contributed by atoms with van der Waals surface area (Å²) in [5, 5.41) is 8.94. The van der Waals surface area contributed by atoms with Crippen LogP contribution in [0.3, 0.4) is 0 Å². The predicted octanol–water partition coefficient (Wildman–Crippen LogP) is 2.64. The van der Waals surface area contributed by atoms with Crippen molar-refractivity contribution in [3.05, 3.63) is 27.7 Å². The van der Waals surface area contributed by atoms with Crippen molar-refractivity contribution in [2.45, 2.75) is 13.0 Å². The van der Waals surface area contributed by atoms with Crippen molar-refractivity contribution in [1.29, 1.82) is 5.26 Å². The Morgan fingerprint density at radius 1 is 1.56 bits per heavy atom. The van der Waals surface area contributed by atoms with Crippen LogP contribution in [0.1, 0.15) is 17.3 Å². The Hall–Kier alpha value is -1.44. The van der Waals surface area contributed by atoms with Crippen LogP contribution in [-0.2, 0) is 4.74 Å².